The van der Waals surface area contributed by atoms with Gasteiger partial charge in [0.1, 0.15) is 0 Å². The fourth-order valence-electron chi connectivity index (χ4n) is 8.33. The average molecular weight is 558 g/mol. The number of rotatable bonds is 2. The minimum Gasteiger partial charge on any atom is -0.338 e. The maximum atomic E-state index is 13.2. The van der Waals surface area contributed by atoms with E-state index in [1.54, 1.807) is 6.08 Å². The van der Waals surface area contributed by atoms with Gasteiger partial charge in [0.25, 0.3) is 0 Å². The highest BCUT2D eigenvalue weighted by Gasteiger charge is 2.60. The van der Waals surface area contributed by atoms with Crippen molar-refractivity contribution in [2.45, 2.75) is 76.8 Å². The molecule has 0 unspecified atom stereocenters. The van der Waals surface area contributed by atoms with Gasteiger partial charge >= 0.3 is 18.4 Å². The van der Waals surface area contributed by atoms with Gasteiger partial charge in [-0.1, -0.05) is 19.9 Å². The fraction of sp³-hybridized carbons (Fsp3) is 0.643. The highest BCUT2D eigenvalue weighted by molar-refractivity contribution is 5.90. The monoisotopic (exact) mass is 557 g/mol. The van der Waals surface area contributed by atoms with Crippen LogP contribution in [0.4, 0.5) is 36.8 Å². The van der Waals surface area contributed by atoms with Crippen LogP contribution in [0.5, 0.6) is 0 Å². The molecule has 0 saturated heterocycles. The number of likely N-dealkylation sites (N-methyl/N-ethyl adjacent to an activating group) is 1. The number of nitrogens with one attached hydrogen (secondary N) is 2. The minimum absolute atomic E-state index is 0.0239. The van der Waals surface area contributed by atoms with Crippen LogP contribution in [-0.2, 0) is 17.1 Å². The third-order valence-electron chi connectivity index (χ3n) is 10.3. The van der Waals surface area contributed by atoms with Gasteiger partial charge in [-0.25, -0.2) is 4.79 Å². The Kier molecular flexibility index (Phi) is 6.54. The number of benzene rings is 1. The Labute approximate surface area is 223 Å². The summed E-state index contributed by atoms with van der Waals surface area (Å²) >= 11 is 0. The molecule has 3 amide bonds. The van der Waals surface area contributed by atoms with E-state index in [0.29, 0.717) is 36.3 Å². The number of amides is 3. The van der Waals surface area contributed by atoms with Crippen LogP contribution in [0.15, 0.2) is 30.4 Å². The number of anilines is 1. The Hall–Kier alpha value is -2.72. The lowest BCUT2D eigenvalue weighted by molar-refractivity contribution is -0.143. The highest BCUT2D eigenvalue weighted by atomic mass is 19.4. The molecule has 0 spiro atoms. The van der Waals surface area contributed by atoms with Crippen LogP contribution in [0.1, 0.15) is 63.5 Å². The molecule has 3 fully saturated rings. The first-order chi connectivity index (χ1) is 18.0. The summed E-state index contributed by atoms with van der Waals surface area (Å²) in [6, 6.07) is 0.135. The van der Waals surface area contributed by atoms with Crippen molar-refractivity contribution in [3.8, 4) is 0 Å². The number of halogens is 6. The summed E-state index contributed by atoms with van der Waals surface area (Å²) in [4.78, 5) is 27.0. The van der Waals surface area contributed by atoms with Gasteiger partial charge in [0, 0.05) is 30.2 Å². The largest absolute Gasteiger partial charge is 0.416 e. The van der Waals surface area contributed by atoms with Crippen molar-refractivity contribution in [3.63, 3.8) is 0 Å². The molecule has 0 aromatic heterocycles. The molecule has 1 aliphatic heterocycles. The second-order valence-corrected chi connectivity index (χ2v) is 12.2. The lowest BCUT2D eigenvalue weighted by Crippen LogP contribution is -2.60. The molecule has 11 heteroatoms. The van der Waals surface area contributed by atoms with Crippen LogP contribution in [0, 0.1) is 28.6 Å². The minimum atomic E-state index is -5.00. The third-order valence-corrected chi connectivity index (χ3v) is 10.3. The summed E-state index contributed by atoms with van der Waals surface area (Å²) in [6.45, 7) is 4.37. The molecule has 0 bridgehead atoms. The second kappa shape index (κ2) is 9.16. The highest BCUT2D eigenvalue weighted by Crippen LogP contribution is 2.64. The van der Waals surface area contributed by atoms with Gasteiger partial charge < -0.3 is 15.5 Å². The van der Waals surface area contributed by atoms with Crippen LogP contribution in [0.3, 0.4) is 0 Å². The molecule has 0 radical (unpaired) electrons. The van der Waals surface area contributed by atoms with Gasteiger partial charge in [-0.2, -0.15) is 26.3 Å². The van der Waals surface area contributed by atoms with Crippen molar-refractivity contribution >= 4 is 17.6 Å². The van der Waals surface area contributed by atoms with E-state index in [4.69, 9.17) is 0 Å². The number of fused-ring (bicyclic) bond motifs is 5. The maximum absolute atomic E-state index is 13.2. The molecule has 5 rings (SSSR count). The normalized spacial score (nSPS) is 36.2. The number of carbonyl (C=O) groups is 2. The molecule has 4 aliphatic rings. The van der Waals surface area contributed by atoms with Crippen molar-refractivity contribution in [2.24, 2.45) is 28.6 Å². The number of hydrogen-bond acceptors (Lipinski definition) is 2. The Balaban J connectivity index is 1.32. The molecule has 5 nitrogen and oxygen atoms in total. The molecule has 7 atom stereocenters. The summed E-state index contributed by atoms with van der Waals surface area (Å²) in [5, 5.41) is 5.10. The Morgan fingerprint density at radius 2 is 1.56 bits per heavy atom. The standard InChI is InChI=1S/C28H33F6N3O2/c1-25-10-8-20-18(4-7-22-26(20,2)11-9-23(38)37(22)3)19(25)5-6-21(25)36-24(39)35-17-13-15(27(29,30)31)12-16(14-17)28(32,33)34/h9,11-14,18-22H,4-8,10H2,1-3H3,(H2,35,36,39)/t18-,19-,20-,21-,22+,25-,26+/m0/s1. The molecule has 214 valence electrons. The predicted molar refractivity (Wildman–Crippen MR) is 132 cm³/mol. The number of nitrogens with zero attached hydrogens (tertiary/aromatic N) is 1. The zero-order valence-electron chi connectivity index (χ0n) is 22.0. The number of carbonyl (C=O) groups excluding carboxylic acids is 2. The summed E-state index contributed by atoms with van der Waals surface area (Å²) in [5.74, 6) is 1.14. The molecule has 1 heterocycles. The van der Waals surface area contributed by atoms with Crippen molar-refractivity contribution in [1.82, 2.24) is 10.2 Å². The van der Waals surface area contributed by atoms with Gasteiger partial charge in [0.15, 0.2) is 0 Å². The third kappa shape index (κ3) is 4.69. The van der Waals surface area contributed by atoms with E-state index in [9.17, 15) is 35.9 Å². The Bertz CT molecular complexity index is 1160. The van der Waals surface area contributed by atoms with E-state index < -0.39 is 35.2 Å². The molecule has 3 saturated carbocycles. The molecule has 3 aliphatic carbocycles. The van der Waals surface area contributed by atoms with E-state index in [0.717, 1.165) is 32.1 Å². The van der Waals surface area contributed by atoms with Gasteiger partial charge in [-0.15, -0.1) is 0 Å². The molecular weight excluding hydrogens is 524 g/mol. The van der Waals surface area contributed by atoms with E-state index in [1.807, 2.05) is 11.9 Å². The predicted octanol–water partition coefficient (Wildman–Crippen LogP) is 6.85. The van der Waals surface area contributed by atoms with Gasteiger partial charge in [-0.05, 0) is 86.0 Å². The molecule has 1 aromatic rings. The van der Waals surface area contributed by atoms with Crippen LogP contribution in [0.25, 0.3) is 0 Å². The Morgan fingerprint density at radius 3 is 2.18 bits per heavy atom. The van der Waals surface area contributed by atoms with E-state index in [2.05, 4.69) is 30.6 Å². The lowest BCUT2D eigenvalue weighted by atomic mass is 9.48. The first-order valence-corrected chi connectivity index (χ1v) is 13.4. The van der Waals surface area contributed by atoms with Crippen LogP contribution >= 0.6 is 0 Å². The molecule has 1 aromatic carbocycles. The number of hydrogen-bond donors (Lipinski definition) is 2. The van der Waals surface area contributed by atoms with E-state index in [-0.39, 0.29) is 34.9 Å². The molecule has 39 heavy (non-hydrogen) atoms. The molecule has 2 N–H and O–H groups in total. The molecular formula is C28H33F6N3O2. The Morgan fingerprint density at radius 1 is 0.923 bits per heavy atom. The van der Waals surface area contributed by atoms with Crippen LogP contribution < -0.4 is 10.6 Å². The topological polar surface area (TPSA) is 61.4 Å². The van der Waals surface area contributed by atoms with E-state index in [1.165, 1.54) is 0 Å². The zero-order valence-corrected chi connectivity index (χ0v) is 22.0. The summed E-state index contributed by atoms with van der Waals surface area (Å²) < 4.78 is 79.4. The number of urea groups is 1. The lowest BCUT2D eigenvalue weighted by Gasteiger charge is -2.60. The van der Waals surface area contributed by atoms with Crippen molar-refractivity contribution in [1.29, 1.82) is 0 Å². The summed E-state index contributed by atoms with van der Waals surface area (Å²) in [5.41, 5.74) is -3.89. The smallest absolute Gasteiger partial charge is 0.338 e. The first-order valence-electron chi connectivity index (χ1n) is 13.4. The quantitative estimate of drug-likeness (QED) is 0.391. The number of alkyl halides is 6. The average Bonchev–Trinajstić information content (AvgIpc) is 3.16. The fourth-order valence-corrected chi connectivity index (χ4v) is 8.33. The van der Waals surface area contributed by atoms with Crippen LogP contribution in [-0.4, -0.2) is 36.0 Å². The first kappa shape index (κ1) is 27.8. The van der Waals surface area contributed by atoms with Crippen molar-refractivity contribution in [2.75, 3.05) is 12.4 Å². The second-order valence-electron chi connectivity index (χ2n) is 12.2. The zero-order chi connectivity index (χ0) is 28.5. The van der Waals surface area contributed by atoms with E-state index >= 15 is 0 Å². The van der Waals surface area contributed by atoms with Crippen molar-refractivity contribution < 1.29 is 35.9 Å². The van der Waals surface area contributed by atoms with Crippen LogP contribution in [0.2, 0.25) is 0 Å². The maximum Gasteiger partial charge on any atom is 0.416 e. The van der Waals surface area contributed by atoms with Crippen molar-refractivity contribution in [3.05, 3.63) is 41.5 Å². The summed E-state index contributed by atoms with van der Waals surface area (Å²) in [7, 11) is 1.86. The SMILES string of the molecule is CN1C(=O)C=C[C@]2(C)[C@H]3CC[C@]4(C)[C@@H](NC(=O)Nc5cc(C(F)(F)F)cc(C(F)(F)F)c5)CC[C@H]4[C@@H]3CC[C@@H]12. The van der Waals surface area contributed by atoms with Gasteiger partial charge in [-0.3, -0.25) is 4.79 Å². The summed E-state index contributed by atoms with van der Waals surface area (Å²) in [6.07, 6.45) is -1.05. The van der Waals surface area contributed by atoms with Gasteiger partial charge in [0.05, 0.1) is 11.1 Å². The van der Waals surface area contributed by atoms with Gasteiger partial charge in [0.2, 0.25) is 5.91 Å².